The summed E-state index contributed by atoms with van der Waals surface area (Å²) in [6.07, 6.45) is 2.49. The minimum Gasteiger partial charge on any atom is -0.494 e. The fourth-order valence-electron chi connectivity index (χ4n) is 3.67. The largest absolute Gasteiger partial charge is 0.494 e. The van der Waals surface area contributed by atoms with Crippen molar-refractivity contribution < 1.29 is 53.6 Å². The summed E-state index contributed by atoms with van der Waals surface area (Å²) in [5.41, 5.74) is 2.16. The molecular weight excluding hydrogens is 615 g/mol. The van der Waals surface area contributed by atoms with Gasteiger partial charge in [0.05, 0.1) is 36.7 Å². The SMILES string of the molecule is COC1(Nc2ccc(F)c(Cl)c2)N=CNc2ccc(OCCCN3CCOCC3)cc21.O=S(=O)(O)O.O=S(=O)(O)O. The van der Waals surface area contributed by atoms with Crippen LogP contribution in [0.1, 0.15) is 12.0 Å². The first-order valence-corrected chi connectivity index (χ1v) is 14.8. The lowest BCUT2D eigenvalue weighted by molar-refractivity contribution is 0.0189. The van der Waals surface area contributed by atoms with Crippen LogP contribution in [0.25, 0.3) is 0 Å². The van der Waals surface area contributed by atoms with E-state index in [0.29, 0.717) is 12.3 Å². The van der Waals surface area contributed by atoms with Crippen molar-refractivity contribution in [1.29, 1.82) is 0 Å². The van der Waals surface area contributed by atoms with Gasteiger partial charge in [-0.15, -0.1) is 0 Å². The molecule has 15 nitrogen and oxygen atoms in total. The number of benzene rings is 2. The highest BCUT2D eigenvalue weighted by molar-refractivity contribution is 7.80. The third-order valence-electron chi connectivity index (χ3n) is 5.34. The molecule has 6 N–H and O–H groups in total. The van der Waals surface area contributed by atoms with Crippen LogP contribution in [0.4, 0.5) is 15.8 Å². The molecule has 0 aromatic heterocycles. The lowest BCUT2D eigenvalue weighted by Gasteiger charge is -2.34. The van der Waals surface area contributed by atoms with Gasteiger partial charge >= 0.3 is 20.8 Å². The Kier molecular flexibility index (Phi) is 13.1. The number of hydrogen-bond acceptors (Lipinski definition) is 11. The summed E-state index contributed by atoms with van der Waals surface area (Å²) in [6, 6.07) is 10.1. The molecule has 0 spiro atoms. The summed E-state index contributed by atoms with van der Waals surface area (Å²) in [7, 11) is -7.78. The number of aliphatic imine (C=N–C) groups is 1. The topological polar surface area (TPSA) is 217 Å². The number of halogens is 2. The van der Waals surface area contributed by atoms with Crippen LogP contribution >= 0.6 is 11.6 Å². The number of fused-ring (bicyclic) bond motifs is 1. The normalized spacial score (nSPS) is 18.5. The van der Waals surface area contributed by atoms with Gasteiger partial charge in [-0.2, -0.15) is 16.8 Å². The second kappa shape index (κ2) is 15.5. The van der Waals surface area contributed by atoms with Gasteiger partial charge in [0.2, 0.25) is 0 Å². The average Bonchev–Trinajstić information content (AvgIpc) is 2.88. The third-order valence-corrected chi connectivity index (χ3v) is 5.63. The predicted octanol–water partition coefficient (Wildman–Crippen LogP) is 2.60. The number of ether oxygens (including phenoxy) is 3. The molecular formula is C22H30ClFN4O11S2. The van der Waals surface area contributed by atoms with Gasteiger partial charge in [-0.05, 0) is 42.8 Å². The molecule has 1 saturated heterocycles. The molecule has 0 aliphatic carbocycles. The number of anilines is 2. The summed E-state index contributed by atoms with van der Waals surface area (Å²) in [5, 5.41) is 6.36. The fourth-order valence-corrected chi connectivity index (χ4v) is 3.85. The van der Waals surface area contributed by atoms with E-state index in [9.17, 15) is 4.39 Å². The van der Waals surface area contributed by atoms with Gasteiger partial charge in [0, 0.05) is 38.1 Å². The van der Waals surface area contributed by atoms with E-state index in [1.807, 2.05) is 18.2 Å². The van der Waals surface area contributed by atoms with Crippen LogP contribution in [0.3, 0.4) is 0 Å². The predicted molar refractivity (Wildman–Crippen MR) is 148 cm³/mol. The monoisotopic (exact) mass is 644 g/mol. The molecule has 2 aromatic rings. The van der Waals surface area contributed by atoms with Crippen molar-refractivity contribution in [2.24, 2.45) is 4.99 Å². The number of morpholine rings is 1. The Morgan fingerprint density at radius 2 is 1.73 bits per heavy atom. The van der Waals surface area contributed by atoms with Gasteiger partial charge in [-0.1, -0.05) is 11.6 Å². The second-order valence-corrected chi connectivity index (χ2v) is 10.5. The van der Waals surface area contributed by atoms with Crippen molar-refractivity contribution in [1.82, 2.24) is 4.90 Å². The number of nitrogens with one attached hydrogen (secondary N) is 2. The minimum atomic E-state index is -4.67. The number of nitrogens with zero attached hydrogens (tertiary/aromatic N) is 2. The van der Waals surface area contributed by atoms with Crippen molar-refractivity contribution >= 4 is 50.1 Å². The van der Waals surface area contributed by atoms with E-state index in [4.69, 9.17) is 60.9 Å². The molecule has 0 radical (unpaired) electrons. The first kappa shape index (κ1) is 34.6. The van der Waals surface area contributed by atoms with Gasteiger partial charge in [0.25, 0.3) is 5.85 Å². The molecule has 0 saturated carbocycles. The molecule has 1 atom stereocenters. The molecule has 0 bridgehead atoms. The summed E-state index contributed by atoms with van der Waals surface area (Å²) in [5.74, 6) is -0.963. The molecule has 230 valence electrons. The fraction of sp³-hybridized carbons (Fsp3) is 0.409. The van der Waals surface area contributed by atoms with Crippen LogP contribution in [0.15, 0.2) is 41.4 Å². The first-order chi connectivity index (χ1) is 19.1. The van der Waals surface area contributed by atoms with Gasteiger partial charge < -0.3 is 24.8 Å². The highest BCUT2D eigenvalue weighted by Crippen LogP contribution is 2.38. The lowest BCUT2D eigenvalue weighted by atomic mass is 10.0. The van der Waals surface area contributed by atoms with E-state index in [1.54, 1.807) is 19.5 Å². The van der Waals surface area contributed by atoms with E-state index in [2.05, 4.69) is 20.5 Å². The number of methoxy groups -OCH3 is 1. The zero-order valence-corrected chi connectivity index (χ0v) is 24.0. The number of rotatable bonds is 8. The standard InChI is InChI=1S/C22H26ClFN4O3.2H2O4S/c1-29-22(27-16-3-5-20(24)19(23)13-16)18-14-17(4-6-21(18)25-15-26-22)31-10-2-7-28-8-11-30-12-9-28;2*1-5(2,3)4/h3-6,13-15,27H,2,7-12H2,1H3,(H,25,26);2*(H2,1,2,3,4). The second-order valence-electron chi connectivity index (χ2n) is 8.26. The molecule has 4 rings (SSSR count). The molecule has 0 amide bonds. The van der Waals surface area contributed by atoms with Gasteiger partial charge in [0.1, 0.15) is 11.6 Å². The van der Waals surface area contributed by atoms with Crippen LogP contribution in [0.2, 0.25) is 5.02 Å². The van der Waals surface area contributed by atoms with Crippen LogP contribution < -0.4 is 15.4 Å². The Morgan fingerprint density at radius 1 is 1.10 bits per heavy atom. The zero-order valence-electron chi connectivity index (χ0n) is 21.6. The van der Waals surface area contributed by atoms with Crippen molar-refractivity contribution in [3.8, 4) is 5.75 Å². The molecule has 2 heterocycles. The summed E-state index contributed by atoms with van der Waals surface area (Å²) in [4.78, 5) is 6.87. The molecule has 2 aliphatic rings. The van der Waals surface area contributed by atoms with Crippen molar-refractivity contribution in [3.63, 3.8) is 0 Å². The molecule has 1 fully saturated rings. The lowest BCUT2D eigenvalue weighted by Crippen LogP contribution is -2.39. The summed E-state index contributed by atoms with van der Waals surface area (Å²) >= 11 is 5.94. The van der Waals surface area contributed by atoms with Crippen LogP contribution in [0.5, 0.6) is 5.75 Å². The Hall–Kier alpha value is -2.65. The zero-order chi connectivity index (χ0) is 30.7. The highest BCUT2D eigenvalue weighted by Gasteiger charge is 2.36. The minimum absolute atomic E-state index is 0.0201. The Balaban J connectivity index is 0.000000507. The van der Waals surface area contributed by atoms with Crippen molar-refractivity contribution in [2.45, 2.75) is 12.3 Å². The van der Waals surface area contributed by atoms with Crippen LogP contribution in [0, 0.1) is 5.82 Å². The molecule has 41 heavy (non-hydrogen) atoms. The van der Waals surface area contributed by atoms with Crippen LogP contribution in [-0.2, 0) is 36.1 Å². The summed E-state index contributed by atoms with van der Waals surface area (Å²) < 4.78 is 93.9. The van der Waals surface area contributed by atoms with Gasteiger partial charge in [-0.25, -0.2) is 9.38 Å². The number of hydrogen-bond donors (Lipinski definition) is 6. The maximum atomic E-state index is 13.6. The van der Waals surface area contributed by atoms with Crippen molar-refractivity contribution in [3.05, 3.63) is 52.8 Å². The average molecular weight is 645 g/mol. The third kappa shape index (κ3) is 13.3. The van der Waals surface area contributed by atoms with Gasteiger partial charge in [-0.3, -0.25) is 23.1 Å². The smallest absolute Gasteiger partial charge is 0.394 e. The maximum absolute atomic E-state index is 13.6. The molecule has 2 aromatic carbocycles. The van der Waals surface area contributed by atoms with E-state index in [-0.39, 0.29) is 5.02 Å². The van der Waals surface area contributed by atoms with Gasteiger partial charge in [0.15, 0.2) is 0 Å². The van der Waals surface area contributed by atoms with Crippen molar-refractivity contribution in [2.75, 3.05) is 57.2 Å². The van der Waals surface area contributed by atoms with E-state index >= 15 is 0 Å². The Labute approximate surface area is 241 Å². The van der Waals surface area contributed by atoms with E-state index < -0.39 is 32.5 Å². The summed E-state index contributed by atoms with van der Waals surface area (Å²) in [6.45, 7) is 5.12. The Bertz CT molecular complexity index is 1350. The maximum Gasteiger partial charge on any atom is 0.394 e. The molecule has 2 aliphatic heterocycles. The van der Waals surface area contributed by atoms with Crippen LogP contribution in [-0.4, -0.2) is 92.8 Å². The highest BCUT2D eigenvalue weighted by atomic mass is 35.5. The van der Waals surface area contributed by atoms with E-state index in [1.165, 1.54) is 12.1 Å². The first-order valence-electron chi connectivity index (χ1n) is 11.7. The van der Waals surface area contributed by atoms with E-state index in [0.717, 1.165) is 56.3 Å². The Morgan fingerprint density at radius 3 is 2.32 bits per heavy atom. The molecule has 19 heteroatoms. The quantitative estimate of drug-likeness (QED) is 0.138. The molecule has 1 unspecified atom stereocenters.